The van der Waals surface area contributed by atoms with Crippen molar-refractivity contribution in [3.63, 3.8) is 0 Å². The van der Waals surface area contributed by atoms with Crippen molar-refractivity contribution in [1.29, 1.82) is 0 Å². The van der Waals surface area contributed by atoms with Crippen molar-refractivity contribution in [2.45, 2.75) is 109 Å². The fourth-order valence-electron chi connectivity index (χ4n) is 9.68. The molecule has 0 aliphatic carbocycles. The summed E-state index contributed by atoms with van der Waals surface area (Å²) in [5.41, 5.74) is -4.55. The van der Waals surface area contributed by atoms with E-state index in [9.17, 15) is 44.1 Å². The number of carbonyl (C=O) groups excluding carboxylic acids is 4. The molecule has 79 heavy (non-hydrogen) atoms. The second-order valence-corrected chi connectivity index (χ2v) is 21.8. The lowest BCUT2D eigenvalue weighted by atomic mass is 9.89. The SMILES string of the molecule is CO[C@@H]1C(OC(=O)c2ccc(C)[nH]2)C[C@H](Oc2ccc3c(O)c(NC(=O)c4[nH]cc(C(=O)Nc5c(O)c6cc(O[C@H]7OC(C)(C)[C@H](OC)C(OC(=O)c8ccc(C)[nH]8)C7O)cc(I)c6oc5=O)c4C)c(=O)oc3c2Br)OC1(C)C. The standard InChI is InChI=1S/C53H53BrIN5O19/c1-20-10-13-28(57-20)47(66)74-31-18-32(78-52(4,5)43(31)70-8)73-30-15-12-24-37(61)35(50(69)76-41(24)33(30)54)60-46(65)34-22(3)26(19-56-34)45(64)59-36-38(62)25-16-23(17-27(55)40(25)75-49(36)68)72-51-39(63)42(44(71-9)53(6,7)79-51)77-48(67)29-14-11-21(2)58-29/h10-17,19,31-32,39,42-44,51,56-58,61-63H,18H2,1-9H3,(H,59,64)(H,60,65)/t31?,32-,39?,42?,43-,44-,51+/m1/s1. The van der Waals surface area contributed by atoms with Crippen LogP contribution in [0.4, 0.5) is 11.4 Å². The van der Waals surface area contributed by atoms with Crippen LogP contribution in [0.5, 0.6) is 23.0 Å². The number of ether oxygens (including phenoxy) is 8. The second kappa shape index (κ2) is 21.8. The Kier molecular flexibility index (Phi) is 15.6. The number of aromatic amines is 3. The summed E-state index contributed by atoms with van der Waals surface area (Å²) in [5.74, 6) is -4.57. The monoisotopic (exact) mass is 1270 g/mol. The molecule has 2 aliphatic heterocycles. The van der Waals surface area contributed by atoms with E-state index >= 15 is 0 Å². The van der Waals surface area contributed by atoms with Crippen molar-refractivity contribution in [3.05, 3.63) is 123 Å². The Bertz CT molecular complexity index is 3690. The minimum absolute atomic E-state index is 0.00372. The van der Waals surface area contributed by atoms with Gasteiger partial charge in [0.25, 0.3) is 11.8 Å². The van der Waals surface area contributed by atoms with Gasteiger partial charge in [0.2, 0.25) is 12.6 Å². The van der Waals surface area contributed by atoms with Crippen molar-refractivity contribution < 1.29 is 81.2 Å². The molecule has 3 unspecified atom stereocenters. The molecule has 0 radical (unpaired) electrons. The molecule has 7 atom stereocenters. The number of aromatic hydroxyl groups is 2. The zero-order valence-corrected chi connectivity index (χ0v) is 47.3. The highest BCUT2D eigenvalue weighted by atomic mass is 127. The zero-order valence-electron chi connectivity index (χ0n) is 43.6. The van der Waals surface area contributed by atoms with E-state index < -0.39 is 112 Å². The molecule has 7 heterocycles. The largest absolute Gasteiger partial charge is 0.505 e. The first-order chi connectivity index (χ1) is 37.3. The summed E-state index contributed by atoms with van der Waals surface area (Å²) in [7, 11) is 2.85. The molecule has 8 N–H and O–H groups in total. The lowest BCUT2D eigenvalue weighted by Gasteiger charge is -2.47. The van der Waals surface area contributed by atoms with Gasteiger partial charge in [-0.15, -0.1) is 0 Å². The molecule has 24 nitrogen and oxygen atoms in total. The minimum atomic E-state index is -1.60. The van der Waals surface area contributed by atoms with Gasteiger partial charge in [0.05, 0.1) is 31.1 Å². The summed E-state index contributed by atoms with van der Waals surface area (Å²) in [5, 5.41) is 39.0. The maximum atomic E-state index is 13.8. The number of halogens is 2. The predicted octanol–water partition coefficient (Wildman–Crippen LogP) is 7.35. The molecule has 26 heteroatoms. The Morgan fingerprint density at radius 1 is 0.747 bits per heavy atom. The third-order valence-corrected chi connectivity index (χ3v) is 15.0. The number of rotatable bonds is 14. The summed E-state index contributed by atoms with van der Waals surface area (Å²) in [6.45, 7) is 11.8. The number of hydrogen-bond donors (Lipinski definition) is 8. The van der Waals surface area contributed by atoms with Crippen LogP contribution >= 0.6 is 38.5 Å². The normalized spacial score (nSPS) is 21.6. The smallest absolute Gasteiger partial charge is 0.364 e. The molecule has 418 valence electrons. The van der Waals surface area contributed by atoms with Crippen molar-refractivity contribution in [1.82, 2.24) is 15.0 Å². The average molecular weight is 1270 g/mol. The van der Waals surface area contributed by atoms with Gasteiger partial charge in [-0.3, -0.25) is 9.59 Å². The molecule has 0 spiro atoms. The van der Waals surface area contributed by atoms with Crippen molar-refractivity contribution in [2.75, 3.05) is 24.9 Å². The number of anilines is 2. The van der Waals surface area contributed by atoms with Gasteiger partial charge in [0.15, 0.2) is 46.2 Å². The molecule has 9 rings (SSSR count). The van der Waals surface area contributed by atoms with Gasteiger partial charge in [-0.05, 0) is 141 Å². The summed E-state index contributed by atoms with van der Waals surface area (Å²) in [6, 6.07) is 12.1. The van der Waals surface area contributed by atoms with Crippen LogP contribution in [0.1, 0.15) is 92.9 Å². The summed E-state index contributed by atoms with van der Waals surface area (Å²) in [6.07, 6.45) is -6.61. The third kappa shape index (κ3) is 11.0. The molecule has 2 aromatic carbocycles. The Labute approximate surface area is 469 Å². The number of benzene rings is 2. The number of esters is 2. The molecular formula is C53H53BrIN5O19. The van der Waals surface area contributed by atoms with E-state index in [0.29, 0.717) is 5.69 Å². The van der Waals surface area contributed by atoms with E-state index in [2.05, 4.69) is 41.5 Å². The Balaban J connectivity index is 0.898. The number of carbonyl (C=O) groups is 4. The van der Waals surface area contributed by atoms with Crippen LogP contribution in [0.2, 0.25) is 0 Å². The molecule has 2 fully saturated rings. The second-order valence-electron chi connectivity index (χ2n) is 19.8. The summed E-state index contributed by atoms with van der Waals surface area (Å²) in [4.78, 5) is 89.0. The Morgan fingerprint density at radius 3 is 1.94 bits per heavy atom. The van der Waals surface area contributed by atoms with E-state index in [1.807, 2.05) is 22.6 Å². The number of aliphatic hydroxyl groups excluding tert-OH is 1. The van der Waals surface area contributed by atoms with Crippen molar-refractivity contribution in [3.8, 4) is 23.0 Å². The van der Waals surface area contributed by atoms with Crippen molar-refractivity contribution >= 4 is 95.6 Å². The molecule has 5 aromatic heterocycles. The maximum Gasteiger partial charge on any atom is 0.364 e. The van der Waals surface area contributed by atoms with Gasteiger partial charge in [-0.25, -0.2) is 19.2 Å². The quantitative estimate of drug-likeness (QED) is 0.0299. The van der Waals surface area contributed by atoms with E-state index in [0.717, 1.165) is 11.9 Å². The lowest BCUT2D eigenvalue weighted by Crippen LogP contribution is -2.65. The maximum absolute atomic E-state index is 13.8. The molecule has 2 amide bonds. The first-order valence-corrected chi connectivity index (χ1v) is 26.1. The number of amides is 2. The molecule has 2 saturated heterocycles. The average Bonchev–Trinajstić information content (AvgIpc) is 4.25. The summed E-state index contributed by atoms with van der Waals surface area (Å²) < 4.78 is 59.1. The number of aryl methyl sites for hydroxylation is 2. The fourth-order valence-corrected chi connectivity index (χ4v) is 10.9. The van der Waals surface area contributed by atoms with E-state index in [-0.39, 0.29) is 76.1 Å². The van der Waals surface area contributed by atoms with Crippen LogP contribution in [-0.2, 0) is 28.4 Å². The van der Waals surface area contributed by atoms with E-state index in [1.165, 1.54) is 51.5 Å². The van der Waals surface area contributed by atoms with Crippen LogP contribution in [0.15, 0.2) is 77.6 Å². The van der Waals surface area contributed by atoms with Crippen LogP contribution in [0.25, 0.3) is 21.9 Å². The van der Waals surface area contributed by atoms with Gasteiger partial charge in [0.1, 0.15) is 51.4 Å². The van der Waals surface area contributed by atoms with E-state index in [4.69, 9.17) is 46.7 Å². The highest BCUT2D eigenvalue weighted by molar-refractivity contribution is 14.1. The van der Waals surface area contributed by atoms with Gasteiger partial charge in [-0.2, -0.15) is 0 Å². The van der Waals surface area contributed by atoms with Crippen LogP contribution in [0.3, 0.4) is 0 Å². The Hall–Kier alpha value is -7.21. The highest BCUT2D eigenvalue weighted by Gasteiger charge is 2.53. The van der Waals surface area contributed by atoms with Crippen molar-refractivity contribution in [2.24, 2.45) is 0 Å². The lowest BCUT2D eigenvalue weighted by molar-refractivity contribution is -0.305. The molecule has 2 aliphatic rings. The van der Waals surface area contributed by atoms with Crippen LogP contribution in [0, 0.1) is 24.3 Å². The van der Waals surface area contributed by atoms with E-state index in [1.54, 1.807) is 59.7 Å². The third-order valence-electron chi connectivity index (χ3n) is 13.5. The number of fused-ring (bicyclic) bond motifs is 2. The van der Waals surface area contributed by atoms with Gasteiger partial charge < -0.3 is 87.6 Å². The topological polar surface area (TPSA) is 335 Å². The number of aliphatic hydroxyl groups is 1. The van der Waals surface area contributed by atoms with Gasteiger partial charge >= 0.3 is 23.2 Å². The highest BCUT2D eigenvalue weighted by Crippen LogP contribution is 2.43. The number of methoxy groups -OCH3 is 2. The Morgan fingerprint density at radius 2 is 1.33 bits per heavy atom. The zero-order chi connectivity index (χ0) is 57.2. The number of nitrogens with one attached hydrogen (secondary N) is 5. The van der Waals surface area contributed by atoms with Crippen LogP contribution < -0.4 is 31.4 Å². The fraction of sp³-hybridized carbons (Fsp3) is 0.358. The number of hydrogen-bond acceptors (Lipinski definition) is 19. The van der Waals surface area contributed by atoms with Gasteiger partial charge in [0, 0.05) is 38.2 Å². The predicted molar refractivity (Wildman–Crippen MR) is 291 cm³/mol. The van der Waals surface area contributed by atoms with Gasteiger partial charge in [-0.1, -0.05) is 0 Å². The first-order valence-electron chi connectivity index (χ1n) is 24.2. The minimum Gasteiger partial charge on any atom is -0.505 e. The molecule has 0 saturated carbocycles. The van der Waals surface area contributed by atoms with Crippen LogP contribution in [-0.4, -0.2) is 123 Å². The molecule has 7 aromatic rings. The first kappa shape index (κ1) is 56.5. The number of aromatic nitrogens is 3. The summed E-state index contributed by atoms with van der Waals surface area (Å²) >= 11 is 5.24. The number of H-pyrrole nitrogens is 3. The molecular weight excluding hydrogens is 1220 g/mol. The molecule has 0 bridgehead atoms.